The first kappa shape index (κ1) is 73.0. The van der Waals surface area contributed by atoms with Crippen molar-refractivity contribution in [2.45, 2.75) is 130 Å². The van der Waals surface area contributed by atoms with Gasteiger partial charge in [-0.1, -0.05) is 59.7 Å². The molecule has 8 aromatic heterocycles. The zero-order valence-electron chi connectivity index (χ0n) is 60.8. The third-order valence-electron chi connectivity index (χ3n) is 20.7. The maximum Gasteiger partial charge on any atom is 0.225 e. The minimum Gasteiger partial charge on any atom is -0.461 e. The summed E-state index contributed by atoms with van der Waals surface area (Å²) in [6.07, 6.45) is 5.89. The van der Waals surface area contributed by atoms with Crippen LogP contribution in [0.25, 0.3) is 56.5 Å². The highest BCUT2D eigenvalue weighted by molar-refractivity contribution is 6.74. The maximum absolute atomic E-state index is 15.0. The molecule has 3 aromatic carbocycles. The van der Waals surface area contributed by atoms with E-state index in [1.807, 2.05) is 38.5 Å². The second-order valence-corrected chi connectivity index (χ2v) is 39.2. The third kappa shape index (κ3) is 15.9. The van der Waals surface area contributed by atoms with Crippen molar-refractivity contribution < 1.29 is 36.0 Å². The summed E-state index contributed by atoms with van der Waals surface area (Å²) in [4.78, 5) is 29.3. The summed E-state index contributed by atoms with van der Waals surface area (Å²) in [5, 5.41) is 32.9. The summed E-state index contributed by atoms with van der Waals surface area (Å²) in [5.74, 6) is 1.83. The van der Waals surface area contributed by atoms with Gasteiger partial charge in [0.25, 0.3) is 0 Å². The van der Waals surface area contributed by atoms with Crippen LogP contribution in [-0.2, 0) is 21.9 Å². The van der Waals surface area contributed by atoms with E-state index in [0.717, 1.165) is 100 Å². The molecule has 3 aliphatic rings. The quantitative estimate of drug-likeness (QED) is 0.0582. The van der Waals surface area contributed by atoms with Crippen LogP contribution in [-0.4, -0.2) is 182 Å². The number of rotatable bonds is 18. The van der Waals surface area contributed by atoms with Crippen molar-refractivity contribution in [1.82, 2.24) is 73.8 Å². The molecule has 3 atom stereocenters. The predicted molar refractivity (Wildman–Crippen MR) is 398 cm³/mol. The van der Waals surface area contributed by atoms with Crippen molar-refractivity contribution in [3.8, 4) is 23.2 Å². The van der Waals surface area contributed by atoms with Gasteiger partial charge in [0.2, 0.25) is 23.5 Å². The number of nitrogens with two attached hydrogens (primary N) is 2. The van der Waals surface area contributed by atoms with Gasteiger partial charge in [-0.05, 0) is 134 Å². The monoisotopic (exact) mass is 1430 g/mol. The number of aliphatic hydroxyl groups excluding tert-OH is 1. The fraction of sp³-hybridized carbons (Fsp3) is 0.472. The fourth-order valence-corrected chi connectivity index (χ4v) is 15.3. The SMILES string of the molecule is C[C@H](O)c1ccc(F)c(N2CCN(CCn3ncc4c3nc(N)n3nc(-c5ccco5)nc43)CC2)c1.C[C@H](O[Si](C)(C)C(C)(C)C)c1ccc(F)c(N2CCN(CCn3ncc4c3nc(N)n3nc(-c5ccco5)nc43)CC2)c1.C[C@H](O[Si](C)(C)C(C)(C)C)c1ccc(F)c(N2CCNCC2)c1. The molecule has 0 amide bonds. The Hall–Kier alpha value is -8.76. The van der Waals surface area contributed by atoms with E-state index in [-0.39, 0.29) is 51.6 Å². The van der Waals surface area contributed by atoms with Gasteiger partial charge in [0.1, 0.15) is 17.5 Å². The summed E-state index contributed by atoms with van der Waals surface area (Å²) in [6, 6.07) is 22.8. The molecule has 3 saturated heterocycles. The molecule has 0 saturated carbocycles. The van der Waals surface area contributed by atoms with Gasteiger partial charge in [0.15, 0.2) is 50.7 Å². The van der Waals surface area contributed by atoms with E-state index in [1.165, 1.54) is 15.1 Å². The van der Waals surface area contributed by atoms with Crippen LogP contribution in [0, 0.1) is 17.5 Å². The highest BCUT2D eigenvalue weighted by Crippen LogP contribution is 2.42. The number of halogens is 3. The van der Waals surface area contributed by atoms with Gasteiger partial charge in [0, 0.05) is 91.6 Å². The Kier molecular flexibility index (Phi) is 21.4. The zero-order chi connectivity index (χ0) is 72.6. The molecular weight excluding hydrogens is 1340 g/mol. The Bertz CT molecular complexity index is 4660. The van der Waals surface area contributed by atoms with Crippen molar-refractivity contribution in [2.24, 2.45) is 0 Å². The van der Waals surface area contributed by atoms with Gasteiger partial charge < -0.3 is 54.3 Å². The van der Waals surface area contributed by atoms with Crippen LogP contribution >= 0.6 is 0 Å². The van der Waals surface area contributed by atoms with E-state index in [9.17, 15) is 13.9 Å². The van der Waals surface area contributed by atoms with Crippen LogP contribution in [0.5, 0.6) is 0 Å². The molecule has 11 heterocycles. The van der Waals surface area contributed by atoms with Crippen molar-refractivity contribution in [1.29, 1.82) is 0 Å². The van der Waals surface area contributed by atoms with Crippen LogP contribution in [0.3, 0.4) is 0 Å². The van der Waals surface area contributed by atoms with Gasteiger partial charge >= 0.3 is 0 Å². The molecule has 3 fully saturated rings. The molecule has 0 unspecified atom stereocenters. The molecule has 11 aromatic rings. The highest BCUT2D eigenvalue weighted by atomic mass is 28.4. The summed E-state index contributed by atoms with van der Waals surface area (Å²) < 4.78 is 74.3. The third-order valence-corrected chi connectivity index (χ3v) is 29.8. The van der Waals surface area contributed by atoms with Crippen molar-refractivity contribution >= 4 is 79.0 Å². The zero-order valence-corrected chi connectivity index (χ0v) is 62.8. The Morgan fingerprint density at radius 2 is 0.882 bits per heavy atom. The lowest BCUT2D eigenvalue weighted by Gasteiger charge is -2.39. The van der Waals surface area contributed by atoms with Gasteiger partial charge in [0.05, 0.1) is 84.2 Å². The van der Waals surface area contributed by atoms with Crippen LogP contribution in [0.15, 0.2) is 113 Å². The Morgan fingerprint density at radius 3 is 1.25 bits per heavy atom. The minimum atomic E-state index is -1.95. The minimum absolute atomic E-state index is 0.0156. The Morgan fingerprint density at radius 1 is 0.510 bits per heavy atom. The van der Waals surface area contributed by atoms with E-state index in [0.29, 0.717) is 94.6 Å². The van der Waals surface area contributed by atoms with Crippen LogP contribution < -0.4 is 31.5 Å². The second-order valence-electron chi connectivity index (χ2n) is 29.7. The second kappa shape index (κ2) is 29.9. The number of nitrogens with zero attached hydrogens (tertiary/aromatic N) is 17. The standard InChI is InChI=1S/C30H40FN9O2Si.C24H26FN9O2.C18H31FN2OSi/c1-20(42-43(5,6)30(2,3)4)21-9-10-23(31)24(18-21)38-14-11-37(12-15-38)13-16-39-27-22(19-33-39)28-34-26(25-8-7-17-41-25)36-40(28)29(32)35-27;1-15(35)16-4-5-18(25)19(13-16)32-9-6-31(7-10-32)8-11-33-22-17(14-27-33)23-28-21(20-3-2-12-36-20)30-34(23)24(26)29-22;1-14(22-23(5,6)18(2,3)4)15-7-8-16(19)17(13-15)21-11-9-20-10-12-21/h7-10,17-20H,11-16H2,1-6H3,(H2,32,35);2-5,12-15,35H,6-11H2,1H3,(H2,26,29);7-8,13-14,20H,9-12H2,1-6H3/t20-;15-;14-/m000/s1. The van der Waals surface area contributed by atoms with E-state index in [2.05, 4.69) is 147 Å². The number of hydrogen-bond donors (Lipinski definition) is 4. The van der Waals surface area contributed by atoms with Crippen LogP contribution in [0.1, 0.15) is 97.3 Å². The molecule has 14 rings (SSSR count). The number of furan rings is 2. The number of piperazine rings is 3. The van der Waals surface area contributed by atoms with Gasteiger partial charge in [-0.3, -0.25) is 9.80 Å². The van der Waals surface area contributed by atoms with E-state index < -0.39 is 22.7 Å². The Balaban J connectivity index is 0.000000151. The number of nitrogens with one attached hydrogen (secondary N) is 1. The highest BCUT2D eigenvalue weighted by Gasteiger charge is 2.40. The van der Waals surface area contributed by atoms with E-state index >= 15 is 4.39 Å². The van der Waals surface area contributed by atoms with Crippen molar-refractivity contribution in [3.05, 3.63) is 138 Å². The summed E-state index contributed by atoms with van der Waals surface area (Å²) in [5.41, 5.74) is 19.6. The van der Waals surface area contributed by atoms with E-state index in [1.54, 1.807) is 80.4 Å². The van der Waals surface area contributed by atoms with Crippen LogP contribution in [0.2, 0.25) is 36.3 Å². The smallest absolute Gasteiger partial charge is 0.225 e. The Labute approximate surface area is 594 Å². The number of aliphatic hydroxyl groups is 1. The fourth-order valence-electron chi connectivity index (χ4n) is 12.5. The number of benzene rings is 3. The molecule has 0 bridgehead atoms. The molecule has 25 nitrogen and oxygen atoms in total. The maximum atomic E-state index is 15.0. The summed E-state index contributed by atoms with van der Waals surface area (Å²) in [7, 11) is -3.79. The molecule has 102 heavy (non-hydrogen) atoms. The lowest BCUT2D eigenvalue weighted by Crippen LogP contribution is -2.47. The molecular formula is C72H97F3N20O5Si2. The first-order chi connectivity index (χ1) is 48.5. The van der Waals surface area contributed by atoms with Gasteiger partial charge in [-0.2, -0.15) is 29.2 Å². The molecule has 544 valence electrons. The average Bonchev–Trinajstić information content (AvgIpc) is 1.60. The van der Waals surface area contributed by atoms with Gasteiger partial charge in [-0.25, -0.2) is 32.5 Å². The lowest BCUT2D eigenvalue weighted by molar-refractivity contribution is 0.199. The topological polar surface area (TPSA) is 267 Å². The normalized spacial score (nSPS) is 16.4. The first-order valence-corrected chi connectivity index (χ1v) is 41.0. The average molecular weight is 1440 g/mol. The number of aromatic nitrogens is 12. The first-order valence-electron chi connectivity index (χ1n) is 35.2. The van der Waals surface area contributed by atoms with Crippen molar-refractivity contribution in [2.75, 3.05) is 118 Å². The summed E-state index contributed by atoms with van der Waals surface area (Å²) >= 11 is 0. The number of nitrogen functional groups attached to an aromatic ring is 2. The number of fused-ring (bicyclic) bond motifs is 6. The lowest BCUT2D eigenvalue weighted by atomic mass is 10.1. The molecule has 0 radical (unpaired) electrons. The molecule has 0 aliphatic carbocycles. The summed E-state index contributed by atoms with van der Waals surface area (Å²) in [6.45, 7) is 40.6. The van der Waals surface area contributed by atoms with E-state index in [4.69, 9.17) is 29.2 Å². The number of anilines is 5. The molecule has 3 aliphatic heterocycles. The van der Waals surface area contributed by atoms with Crippen LogP contribution in [0.4, 0.5) is 42.1 Å². The number of hydrogen-bond acceptors (Lipinski definition) is 21. The molecule has 30 heteroatoms. The largest absolute Gasteiger partial charge is 0.461 e. The van der Waals surface area contributed by atoms with Crippen molar-refractivity contribution in [3.63, 3.8) is 0 Å². The van der Waals surface area contributed by atoms with Gasteiger partial charge in [-0.15, -0.1) is 10.2 Å². The molecule has 0 spiro atoms. The predicted octanol–water partition coefficient (Wildman–Crippen LogP) is 12.0. The molecule has 6 N–H and O–H groups in total.